The molecule has 1 aromatic carbocycles. The maximum absolute atomic E-state index is 12.1. The van der Waals surface area contributed by atoms with E-state index in [2.05, 4.69) is 10.6 Å². The number of carboxylic acid groups (broad SMARTS) is 1. The Kier molecular flexibility index (Phi) is 8.09. The number of nitrogens with zero attached hydrogens (tertiary/aromatic N) is 1. The molecule has 0 aromatic heterocycles. The van der Waals surface area contributed by atoms with Crippen molar-refractivity contribution in [3.8, 4) is 0 Å². The van der Waals surface area contributed by atoms with Crippen LogP contribution in [0.25, 0.3) is 0 Å². The highest BCUT2D eigenvalue weighted by molar-refractivity contribution is 5.79. The van der Waals surface area contributed by atoms with Crippen LogP contribution in [0.3, 0.4) is 0 Å². The van der Waals surface area contributed by atoms with E-state index in [9.17, 15) is 14.4 Å². The zero-order valence-electron chi connectivity index (χ0n) is 15.9. The summed E-state index contributed by atoms with van der Waals surface area (Å²) >= 11 is 0. The van der Waals surface area contributed by atoms with Crippen LogP contribution in [0.4, 0.5) is 4.79 Å². The van der Waals surface area contributed by atoms with E-state index in [0.717, 1.165) is 5.56 Å². The van der Waals surface area contributed by atoms with Crippen LogP contribution in [0.15, 0.2) is 30.3 Å². The minimum absolute atomic E-state index is 0.0332. The molecule has 0 radical (unpaired) electrons. The second kappa shape index (κ2) is 9.79. The van der Waals surface area contributed by atoms with Crippen LogP contribution >= 0.6 is 0 Å². The van der Waals surface area contributed by atoms with Gasteiger partial charge in [0.05, 0.1) is 6.42 Å². The van der Waals surface area contributed by atoms with Crippen LogP contribution in [-0.4, -0.2) is 47.0 Å². The lowest BCUT2D eigenvalue weighted by Crippen LogP contribution is -2.52. The lowest BCUT2D eigenvalue weighted by molar-refractivity contribution is -0.139. The maximum Gasteiger partial charge on any atom is 0.317 e. The van der Waals surface area contributed by atoms with Crippen molar-refractivity contribution in [1.82, 2.24) is 15.5 Å². The summed E-state index contributed by atoms with van der Waals surface area (Å²) in [5, 5.41) is 14.5. The highest BCUT2D eigenvalue weighted by atomic mass is 16.4. The Bertz CT molecular complexity index is 618. The van der Waals surface area contributed by atoms with Gasteiger partial charge in [-0.1, -0.05) is 44.2 Å². The van der Waals surface area contributed by atoms with Crippen LogP contribution < -0.4 is 10.6 Å². The number of urea groups is 1. The van der Waals surface area contributed by atoms with Crippen molar-refractivity contribution in [1.29, 1.82) is 0 Å². The predicted octanol–water partition coefficient (Wildman–Crippen LogP) is 2.22. The predicted molar refractivity (Wildman–Crippen MR) is 99.6 cm³/mol. The lowest BCUT2D eigenvalue weighted by atomic mass is 9.85. The Balaban J connectivity index is 2.42. The fourth-order valence-electron chi connectivity index (χ4n) is 2.43. The Morgan fingerprint density at radius 3 is 2.35 bits per heavy atom. The van der Waals surface area contributed by atoms with Gasteiger partial charge < -0.3 is 20.6 Å². The molecule has 1 rings (SSSR count). The van der Waals surface area contributed by atoms with Gasteiger partial charge in [0.2, 0.25) is 5.91 Å². The number of amides is 3. The number of benzene rings is 1. The number of hydrogen-bond acceptors (Lipinski definition) is 3. The minimum Gasteiger partial charge on any atom is -0.481 e. The van der Waals surface area contributed by atoms with Crippen molar-refractivity contribution in [3.05, 3.63) is 35.9 Å². The fraction of sp³-hybridized carbons (Fsp3) is 0.526. The van der Waals surface area contributed by atoms with Crippen molar-refractivity contribution >= 4 is 17.9 Å². The van der Waals surface area contributed by atoms with Crippen LogP contribution in [-0.2, 0) is 16.1 Å². The van der Waals surface area contributed by atoms with E-state index in [-0.39, 0.29) is 37.2 Å². The smallest absolute Gasteiger partial charge is 0.317 e. The molecule has 1 atom stereocenters. The Hall–Kier alpha value is -2.57. The summed E-state index contributed by atoms with van der Waals surface area (Å²) in [6, 6.07) is 9.34. The molecule has 0 saturated carbocycles. The van der Waals surface area contributed by atoms with Gasteiger partial charge in [0.1, 0.15) is 0 Å². The second-order valence-electron chi connectivity index (χ2n) is 7.01. The van der Waals surface area contributed by atoms with E-state index in [4.69, 9.17) is 5.11 Å². The van der Waals surface area contributed by atoms with Gasteiger partial charge in [0.15, 0.2) is 0 Å². The number of carboxylic acids is 1. The molecule has 1 aromatic rings. The first-order valence-corrected chi connectivity index (χ1v) is 8.69. The van der Waals surface area contributed by atoms with Crippen molar-refractivity contribution in [3.63, 3.8) is 0 Å². The molecule has 0 spiro atoms. The van der Waals surface area contributed by atoms with Gasteiger partial charge in [-0.05, 0) is 18.4 Å². The first-order chi connectivity index (χ1) is 12.1. The normalized spacial score (nSPS) is 13.0. The van der Waals surface area contributed by atoms with Crippen molar-refractivity contribution in [2.75, 3.05) is 13.6 Å². The number of carbonyl (C=O) groups is 3. The standard InChI is InChI=1S/C19H29N3O4/c1-14(2)19(3,12-17(24)25)21-16(23)10-11-20-18(26)22(4)13-15-8-6-5-7-9-15/h5-9,14H,10-13H2,1-4H3,(H,20,26)(H,21,23)(H,24,25). The molecule has 144 valence electrons. The molecule has 0 bridgehead atoms. The molecule has 3 N–H and O–H groups in total. The molecule has 0 aliphatic carbocycles. The van der Waals surface area contributed by atoms with Gasteiger partial charge in [-0.25, -0.2) is 4.79 Å². The van der Waals surface area contributed by atoms with E-state index in [0.29, 0.717) is 6.54 Å². The minimum atomic E-state index is -0.961. The van der Waals surface area contributed by atoms with Gasteiger partial charge in [-0.3, -0.25) is 9.59 Å². The molecule has 7 heteroatoms. The molecule has 7 nitrogen and oxygen atoms in total. The van der Waals surface area contributed by atoms with Crippen LogP contribution in [0, 0.1) is 5.92 Å². The largest absolute Gasteiger partial charge is 0.481 e. The summed E-state index contributed by atoms with van der Waals surface area (Å²) in [4.78, 5) is 36.7. The Morgan fingerprint density at radius 2 is 1.81 bits per heavy atom. The monoisotopic (exact) mass is 363 g/mol. The summed E-state index contributed by atoms with van der Waals surface area (Å²) in [6.07, 6.45) is -0.0601. The van der Waals surface area contributed by atoms with Gasteiger partial charge >= 0.3 is 12.0 Å². The van der Waals surface area contributed by atoms with Crippen LogP contribution in [0.1, 0.15) is 39.2 Å². The molecule has 0 aliphatic heterocycles. The van der Waals surface area contributed by atoms with Crippen LogP contribution in [0.2, 0.25) is 0 Å². The van der Waals surface area contributed by atoms with E-state index in [1.165, 1.54) is 4.90 Å². The van der Waals surface area contributed by atoms with Crippen molar-refractivity contribution in [2.45, 2.75) is 45.7 Å². The summed E-state index contributed by atoms with van der Waals surface area (Å²) in [7, 11) is 1.69. The number of hydrogen-bond donors (Lipinski definition) is 3. The summed E-state index contributed by atoms with van der Waals surface area (Å²) < 4.78 is 0. The molecular formula is C19H29N3O4. The number of carbonyl (C=O) groups excluding carboxylic acids is 2. The second-order valence-corrected chi connectivity index (χ2v) is 7.01. The summed E-state index contributed by atoms with van der Waals surface area (Å²) in [6.45, 7) is 6.11. The SMILES string of the molecule is CC(C)C(C)(CC(=O)O)NC(=O)CCNC(=O)N(C)Cc1ccccc1. The van der Waals surface area contributed by atoms with E-state index >= 15 is 0 Å². The Morgan fingerprint density at radius 1 is 1.19 bits per heavy atom. The molecule has 0 saturated heterocycles. The van der Waals surface area contributed by atoms with E-state index in [1.54, 1.807) is 14.0 Å². The number of rotatable bonds is 9. The zero-order chi connectivity index (χ0) is 19.7. The van der Waals surface area contributed by atoms with Crippen molar-refractivity contribution in [2.24, 2.45) is 5.92 Å². The molecule has 0 aliphatic rings. The fourth-order valence-corrected chi connectivity index (χ4v) is 2.43. The van der Waals surface area contributed by atoms with Gasteiger partial charge in [0, 0.05) is 32.1 Å². The maximum atomic E-state index is 12.1. The molecule has 3 amide bonds. The quantitative estimate of drug-likeness (QED) is 0.626. The lowest BCUT2D eigenvalue weighted by Gasteiger charge is -2.33. The van der Waals surface area contributed by atoms with E-state index in [1.807, 2.05) is 44.2 Å². The zero-order valence-corrected chi connectivity index (χ0v) is 15.9. The van der Waals surface area contributed by atoms with Crippen molar-refractivity contribution < 1.29 is 19.5 Å². The third kappa shape index (κ3) is 7.13. The van der Waals surface area contributed by atoms with E-state index < -0.39 is 11.5 Å². The molecule has 0 fully saturated rings. The molecular weight excluding hydrogens is 334 g/mol. The average molecular weight is 363 g/mol. The highest BCUT2D eigenvalue weighted by Crippen LogP contribution is 2.20. The Labute approximate surface area is 154 Å². The summed E-state index contributed by atoms with van der Waals surface area (Å²) in [5.41, 5.74) is 0.195. The number of nitrogens with one attached hydrogen (secondary N) is 2. The average Bonchev–Trinajstić information content (AvgIpc) is 2.54. The third-order valence-corrected chi connectivity index (χ3v) is 4.46. The van der Waals surface area contributed by atoms with Crippen LogP contribution in [0.5, 0.6) is 0 Å². The first-order valence-electron chi connectivity index (χ1n) is 8.69. The number of aliphatic carboxylic acids is 1. The first kappa shape index (κ1) is 21.5. The molecule has 26 heavy (non-hydrogen) atoms. The van der Waals surface area contributed by atoms with Gasteiger partial charge in [-0.2, -0.15) is 0 Å². The van der Waals surface area contributed by atoms with Gasteiger partial charge in [0.25, 0.3) is 0 Å². The highest BCUT2D eigenvalue weighted by Gasteiger charge is 2.32. The summed E-state index contributed by atoms with van der Waals surface area (Å²) in [5.74, 6) is -1.28. The molecule has 1 unspecified atom stereocenters. The topological polar surface area (TPSA) is 98.7 Å². The third-order valence-electron chi connectivity index (χ3n) is 4.46. The molecule has 0 heterocycles. The van der Waals surface area contributed by atoms with Gasteiger partial charge in [-0.15, -0.1) is 0 Å².